The van der Waals surface area contributed by atoms with Gasteiger partial charge in [-0.25, -0.2) is 4.98 Å². The van der Waals surface area contributed by atoms with Crippen molar-refractivity contribution in [1.82, 2.24) is 10.3 Å². The van der Waals surface area contributed by atoms with E-state index in [0.717, 1.165) is 25.6 Å². The largest absolute Gasteiger partial charge is 0.356 e. The zero-order chi connectivity index (χ0) is 11.4. The van der Waals surface area contributed by atoms with Crippen LogP contribution in [0.4, 0.5) is 5.82 Å². The van der Waals surface area contributed by atoms with Gasteiger partial charge in [-0.05, 0) is 31.9 Å². The minimum atomic E-state index is 0.868. The second-order valence-electron chi connectivity index (χ2n) is 4.69. The van der Waals surface area contributed by atoms with E-state index >= 15 is 0 Å². The molecule has 16 heavy (non-hydrogen) atoms. The van der Waals surface area contributed by atoms with Gasteiger partial charge < -0.3 is 10.2 Å². The maximum atomic E-state index is 4.53. The molecule has 0 aromatic carbocycles. The number of pyridine rings is 1. The highest BCUT2D eigenvalue weighted by atomic mass is 15.2. The second-order valence-corrected chi connectivity index (χ2v) is 4.69. The molecular weight excluding hydrogens is 198 g/mol. The summed E-state index contributed by atoms with van der Waals surface area (Å²) in [4.78, 5) is 6.96. The van der Waals surface area contributed by atoms with Crippen LogP contribution < -0.4 is 10.2 Å². The van der Waals surface area contributed by atoms with E-state index in [1.54, 1.807) is 0 Å². The predicted molar refractivity (Wildman–Crippen MR) is 67.6 cm³/mol. The summed E-state index contributed by atoms with van der Waals surface area (Å²) in [7, 11) is 1.98. The molecule has 88 valence electrons. The van der Waals surface area contributed by atoms with Gasteiger partial charge >= 0.3 is 0 Å². The SMILES string of the molecule is CNCc1cccnc1N1CCC(C)CC1. The maximum absolute atomic E-state index is 4.53. The molecule has 1 aromatic heterocycles. The van der Waals surface area contributed by atoms with Gasteiger partial charge in [0.05, 0.1) is 0 Å². The van der Waals surface area contributed by atoms with Crippen LogP contribution in [0.2, 0.25) is 0 Å². The molecule has 0 bridgehead atoms. The lowest BCUT2D eigenvalue weighted by molar-refractivity contribution is 0.436. The highest BCUT2D eigenvalue weighted by molar-refractivity contribution is 5.46. The number of hydrogen-bond acceptors (Lipinski definition) is 3. The van der Waals surface area contributed by atoms with Crippen LogP contribution in [0.3, 0.4) is 0 Å². The molecule has 0 aliphatic carbocycles. The quantitative estimate of drug-likeness (QED) is 0.843. The molecule has 1 saturated heterocycles. The van der Waals surface area contributed by atoms with E-state index in [4.69, 9.17) is 0 Å². The Morgan fingerprint density at radius 3 is 2.88 bits per heavy atom. The summed E-state index contributed by atoms with van der Waals surface area (Å²) in [5, 5.41) is 3.21. The van der Waals surface area contributed by atoms with E-state index in [2.05, 4.69) is 28.2 Å². The number of aromatic nitrogens is 1. The van der Waals surface area contributed by atoms with Crippen LogP contribution in [0.15, 0.2) is 18.3 Å². The lowest BCUT2D eigenvalue weighted by Crippen LogP contribution is -2.34. The van der Waals surface area contributed by atoms with Crippen molar-refractivity contribution >= 4 is 5.82 Å². The summed E-state index contributed by atoms with van der Waals surface area (Å²) in [6.45, 7) is 5.53. The van der Waals surface area contributed by atoms with Crippen LogP contribution >= 0.6 is 0 Å². The van der Waals surface area contributed by atoms with Gasteiger partial charge in [-0.3, -0.25) is 0 Å². The molecule has 0 saturated carbocycles. The molecule has 0 atom stereocenters. The Kier molecular flexibility index (Phi) is 3.78. The fraction of sp³-hybridized carbons (Fsp3) is 0.615. The summed E-state index contributed by atoms with van der Waals surface area (Å²) in [6, 6.07) is 4.18. The van der Waals surface area contributed by atoms with E-state index < -0.39 is 0 Å². The molecule has 3 nitrogen and oxygen atoms in total. The second kappa shape index (κ2) is 5.30. The predicted octanol–water partition coefficient (Wildman–Crippen LogP) is 2.04. The molecule has 1 aliphatic heterocycles. The molecule has 0 unspecified atom stereocenters. The first kappa shape index (κ1) is 11.4. The van der Waals surface area contributed by atoms with Crippen molar-refractivity contribution < 1.29 is 0 Å². The number of rotatable bonds is 3. The third-order valence-electron chi connectivity index (χ3n) is 3.32. The number of nitrogens with zero attached hydrogens (tertiary/aromatic N) is 2. The molecule has 0 amide bonds. The first-order valence-electron chi connectivity index (χ1n) is 6.14. The van der Waals surface area contributed by atoms with Gasteiger partial charge in [-0.1, -0.05) is 13.0 Å². The molecule has 0 radical (unpaired) electrons. The number of hydrogen-bond donors (Lipinski definition) is 1. The summed E-state index contributed by atoms with van der Waals surface area (Å²) in [6.07, 6.45) is 4.47. The highest BCUT2D eigenvalue weighted by Gasteiger charge is 2.18. The van der Waals surface area contributed by atoms with Gasteiger partial charge in [0.2, 0.25) is 0 Å². The zero-order valence-electron chi connectivity index (χ0n) is 10.2. The minimum Gasteiger partial charge on any atom is -0.356 e. The van der Waals surface area contributed by atoms with Crippen LogP contribution in [0.25, 0.3) is 0 Å². The first-order chi connectivity index (χ1) is 7.81. The van der Waals surface area contributed by atoms with Crippen LogP contribution in [0, 0.1) is 5.92 Å². The van der Waals surface area contributed by atoms with Crippen LogP contribution in [-0.2, 0) is 6.54 Å². The fourth-order valence-corrected chi connectivity index (χ4v) is 2.26. The Morgan fingerprint density at radius 1 is 1.44 bits per heavy atom. The third-order valence-corrected chi connectivity index (χ3v) is 3.32. The Balaban J connectivity index is 2.13. The molecule has 0 spiro atoms. The first-order valence-corrected chi connectivity index (χ1v) is 6.14. The van der Waals surface area contributed by atoms with E-state index in [1.807, 2.05) is 19.3 Å². The summed E-state index contributed by atoms with van der Waals surface area (Å²) < 4.78 is 0. The van der Waals surface area contributed by atoms with Crippen LogP contribution in [0.1, 0.15) is 25.3 Å². The van der Waals surface area contributed by atoms with Gasteiger partial charge in [0.15, 0.2) is 0 Å². The summed E-state index contributed by atoms with van der Waals surface area (Å²) in [5.74, 6) is 2.04. The topological polar surface area (TPSA) is 28.2 Å². The van der Waals surface area contributed by atoms with E-state index in [0.29, 0.717) is 0 Å². The van der Waals surface area contributed by atoms with Gasteiger partial charge in [0.1, 0.15) is 5.82 Å². The van der Waals surface area contributed by atoms with Crippen LogP contribution in [0.5, 0.6) is 0 Å². The average Bonchev–Trinajstić information content (AvgIpc) is 2.32. The average molecular weight is 219 g/mol. The van der Waals surface area contributed by atoms with Crippen molar-refractivity contribution in [3.8, 4) is 0 Å². The standard InChI is InChI=1S/C13H21N3/c1-11-5-8-16(9-6-11)13-12(10-14-2)4-3-7-15-13/h3-4,7,11,14H,5-6,8-10H2,1-2H3. The van der Waals surface area contributed by atoms with Crippen LogP contribution in [-0.4, -0.2) is 25.1 Å². The molecule has 1 aliphatic rings. The summed E-state index contributed by atoms with van der Waals surface area (Å²) in [5.41, 5.74) is 1.31. The Labute approximate surface area is 97.9 Å². The highest BCUT2D eigenvalue weighted by Crippen LogP contribution is 2.23. The smallest absolute Gasteiger partial charge is 0.133 e. The number of anilines is 1. The van der Waals surface area contributed by atoms with E-state index in [-0.39, 0.29) is 0 Å². The molecule has 1 aromatic rings. The molecular formula is C13H21N3. The molecule has 2 rings (SSSR count). The molecule has 3 heteroatoms. The third kappa shape index (κ3) is 2.53. The van der Waals surface area contributed by atoms with Crippen molar-refractivity contribution in [3.05, 3.63) is 23.9 Å². The lowest BCUT2D eigenvalue weighted by Gasteiger charge is -2.32. The van der Waals surface area contributed by atoms with Gasteiger partial charge in [-0.2, -0.15) is 0 Å². The van der Waals surface area contributed by atoms with Gasteiger partial charge in [0, 0.05) is 31.4 Å². The van der Waals surface area contributed by atoms with Crippen molar-refractivity contribution in [1.29, 1.82) is 0 Å². The Hall–Kier alpha value is -1.09. The fourth-order valence-electron chi connectivity index (χ4n) is 2.26. The van der Waals surface area contributed by atoms with Crippen molar-refractivity contribution in [2.45, 2.75) is 26.3 Å². The maximum Gasteiger partial charge on any atom is 0.133 e. The normalized spacial score (nSPS) is 17.8. The Morgan fingerprint density at radius 2 is 2.19 bits per heavy atom. The lowest BCUT2D eigenvalue weighted by atomic mass is 9.99. The van der Waals surface area contributed by atoms with Gasteiger partial charge in [0.25, 0.3) is 0 Å². The molecule has 2 heterocycles. The van der Waals surface area contributed by atoms with Crippen molar-refractivity contribution in [2.24, 2.45) is 5.92 Å². The summed E-state index contributed by atoms with van der Waals surface area (Å²) >= 11 is 0. The van der Waals surface area contributed by atoms with Crippen molar-refractivity contribution in [3.63, 3.8) is 0 Å². The molecule has 1 N–H and O–H groups in total. The zero-order valence-corrected chi connectivity index (χ0v) is 10.2. The van der Waals surface area contributed by atoms with E-state index in [9.17, 15) is 0 Å². The van der Waals surface area contributed by atoms with Gasteiger partial charge in [-0.15, -0.1) is 0 Å². The number of piperidine rings is 1. The monoisotopic (exact) mass is 219 g/mol. The minimum absolute atomic E-state index is 0.868. The Bertz CT molecular complexity index is 330. The van der Waals surface area contributed by atoms with Crippen molar-refractivity contribution in [2.75, 3.05) is 25.0 Å². The van der Waals surface area contributed by atoms with E-state index in [1.165, 1.54) is 24.2 Å². The molecule has 1 fully saturated rings. The number of nitrogens with one attached hydrogen (secondary N) is 1.